The van der Waals surface area contributed by atoms with E-state index in [4.69, 9.17) is 4.74 Å². The van der Waals surface area contributed by atoms with Gasteiger partial charge in [-0.2, -0.15) is 0 Å². The first-order valence-electron chi connectivity index (χ1n) is 4.03. The Morgan fingerprint density at radius 1 is 1.38 bits per heavy atom. The van der Waals surface area contributed by atoms with E-state index in [1.807, 2.05) is 13.0 Å². The molecule has 1 aromatic carbocycles. The first-order valence-corrected chi connectivity index (χ1v) is 4.03. The molecule has 68 valence electrons. The molecule has 0 spiro atoms. The number of halogens is 1. The van der Waals surface area contributed by atoms with Crippen LogP contribution in [-0.2, 0) is 0 Å². The summed E-state index contributed by atoms with van der Waals surface area (Å²) in [7, 11) is 1.53. The fraction of sp³-hybridized carbons (Fsp3) is 0.200. The van der Waals surface area contributed by atoms with Crippen LogP contribution in [0.1, 0.15) is 5.56 Å². The van der Waals surface area contributed by atoms with Crippen LogP contribution in [0.3, 0.4) is 0 Å². The number of benzene rings is 1. The van der Waals surface area contributed by atoms with Crippen molar-refractivity contribution in [3.63, 3.8) is 0 Å². The number of aromatic amines is 1. The predicted octanol–water partition coefficient (Wildman–Crippen LogP) is 2.62. The van der Waals surface area contributed by atoms with E-state index in [2.05, 4.69) is 4.98 Å². The molecule has 0 saturated heterocycles. The number of hydrogen-bond acceptors (Lipinski definition) is 1. The van der Waals surface area contributed by atoms with E-state index in [0.717, 1.165) is 11.1 Å². The maximum absolute atomic E-state index is 13.4. The molecule has 0 bridgehead atoms. The molecule has 0 amide bonds. The molecule has 1 heterocycles. The number of H-pyrrole nitrogens is 1. The number of aromatic nitrogens is 1. The molecule has 3 heteroatoms. The minimum absolute atomic E-state index is 0.242. The van der Waals surface area contributed by atoms with Gasteiger partial charge in [-0.25, -0.2) is 4.39 Å². The quantitative estimate of drug-likeness (QED) is 0.715. The van der Waals surface area contributed by atoms with Gasteiger partial charge in [0.05, 0.1) is 18.0 Å². The maximum atomic E-state index is 13.4. The zero-order chi connectivity index (χ0) is 9.42. The van der Waals surface area contributed by atoms with Gasteiger partial charge in [0.1, 0.15) is 11.6 Å². The van der Waals surface area contributed by atoms with Gasteiger partial charge in [0, 0.05) is 6.20 Å². The summed E-state index contributed by atoms with van der Waals surface area (Å²) >= 11 is 0. The summed E-state index contributed by atoms with van der Waals surface area (Å²) in [6.07, 6.45) is 1.66. The van der Waals surface area contributed by atoms with Crippen LogP contribution in [0.4, 0.5) is 4.39 Å². The summed E-state index contributed by atoms with van der Waals surface area (Å²) in [6, 6.07) is 3.39. The lowest BCUT2D eigenvalue weighted by Crippen LogP contribution is -1.83. The molecule has 2 aromatic rings. The second-order valence-electron chi connectivity index (χ2n) is 3.03. The Balaban J connectivity index is 2.82. The highest BCUT2D eigenvalue weighted by atomic mass is 19.1. The average molecular weight is 179 g/mol. The number of ether oxygens (including phenoxy) is 1. The van der Waals surface area contributed by atoms with E-state index in [1.165, 1.54) is 13.2 Å². The van der Waals surface area contributed by atoms with Gasteiger partial charge in [0.15, 0.2) is 0 Å². The Morgan fingerprint density at radius 2 is 2.15 bits per heavy atom. The van der Waals surface area contributed by atoms with Crippen molar-refractivity contribution in [1.29, 1.82) is 0 Å². The van der Waals surface area contributed by atoms with E-state index in [1.54, 1.807) is 6.20 Å². The Hall–Kier alpha value is -1.51. The van der Waals surface area contributed by atoms with E-state index < -0.39 is 0 Å². The van der Waals surface area contributed by atoms with Crippen LogP contribution in [0.5, 0.6) is 5.75 Å². The molecule has 1 aromatic heterocycles. The van der Waals surface area contributed by atoms with E-state index in [0.29, 0.717) is 11.1 Å². The summed E-state index contributed by atoms with van der Waals surface area (Å²) in [5.74, 6) is 0.306. The van der Waals surface area contributed by atoms with Crippen LogP contribution in [0.15, 0.2) is 18.3 Å². The van der Waals surface area contributed by atoms with Crippen LogP contribution in [0, 0.1) is 12.7 Å². The van der Waals surface area contributed by atoms with Crippen LogP contribution < -0.4 is 4.74 Å². The summed E-state index contributed by atoms with van der Waals surface area (Å²) in [6.45, 7) is 1.86. The highest BCUT2D eigenvalue weighted by molar-refractivity contribution is 5.87. The van der Waals surface area contributed by atoms with Gasteiger partial charge in [-0.1, -0.05) is 0 Å². The molecule has 0 atom stereocenters. The third-order valence-corrected chi connectivity index (χ3v) is 2.06. The molecule has 13 heavy (non-hydrogen) atoms. The smallest absolute Gasteiger partial charge is 0.147 e. The van der Waals surface area contributed by atoms with Gasteiger partial charge < -0.3 is 9.72 Å². The molecule has 0 fully saturated rings. The van der Waals surface area contributed by atoms with Crippen LogP contribution >= 0.6 is 0 Å². The van der Waals surface area contributed by atoms with Gasteiger partial charge >= 0.3 is 0 Å². The lowest BCUT2D eigenvalue weighted by atomic mass is 10.1. The molecule has 0 aliphatic rings. The average Bonchev–Trinajstić information content (AvgIpc) is 2.47. The van der Waals surface area contributed by atoms with Crippen molar-refractivity contribution >= 4 is 10.9 Å². The fourth-order valence-corrected chi connectivity index (χ4v) is 1.48. The second kappa shape index (κ2) is 2.76. The van der Waals surface area contributed by atoms with E-state index >= 15 is 0 Å². The SMILES string of the molecule is COc1c[nH]c2cc(C)cc(F)c12. The standard InChI is InChI=1S/C10H10FNO/c1-6-3-7(11)10-8(4-6)12-5-9(10)13-2/h3-5,12H,1-2H3. The minimum Gasteiger partial charge on any atom is -0.494 e. The zero-order valence-electron chi connectivity index (χ0n) is 7.52. The Bertz CT molecular complexity index is 447. The van der Waals surface area contributed by atoms with Gasteiger partial charge in [0.2, 0.25) is 0 Å². The Morgan fingerprint density at radius 3 is 2.85 bits per heavy atom. The van der Waals surface area contributed by atoms with Crippen molar-refractivity contribution in [1.82, 2.24) is 4.98 Å². The van der Waals surface area contributed by atoms with Crippen molar-refractivity contribution in [3.8, 4) is 5.75 Å². The Kier molecular flexibility index (Phi) is 1.72. The van der Waals surface area contributed by atoms with Crippen molar-refractivity contribution in [3.05, 3.63) is 29.7 Å². The van der Waals surface area contributed by atoms with Crippen LogP contribution in [-0.4, -0.2) is 12.1 Å². The summed E-state index contributed by atoms with van der Waals surface area (Å²) in [5, 5.41) is 0.521. The topological polar surface area (TPSA) is 25.0 Å². The molecule has 0 aliphatic carbocycles. The van der Waals surface area contributed by atoms with Crippen molar-refractivity contribution in [2.45, 2.75) is 6.92 Å². The number of fused-ring (bicyclic) bond motifs is 1. The van der Waals surface area contributed by atoms with Crippen LogP contribution in [0.25, 0.3) is 10.9 Å². The van der Waals surface area contributed by atoms with Crippen molar-refractivity contribution < 1.29 is 9.13 Å². The minimum atomic E-state index is -0.242. The first-order chi connectivity index (χ1) is 6.22. The monoisotopic (exact) mass is 179 g/mol. The van der Waals surface area contributed by atoms with Gasteiger partial charge in [-0.3, -0.25) is 0 Å². The summed E-state index contributed by atoms with van der Waals surface area (Å²) in [5.41, 5.74) is 1.67. The largest absolute Gasteiger partial charge is 0.494 e. The summed E-state index contributed by atoms with van der Waals surface area (Å²) in [4.78, 5) is 2.96. The predicted molar refractivity (Wildman–Crippen MR) is 49.5 cm³/mol. The highest BCUT2D eigenvalue weighted by Gasteiger charge is 2.09. The molecule has 1 N–H and O–H groups in total. The number of aryl methyl sites for hydroxylation is 1. The van der Waals surface area contributed by atoms with Gasteiger partial charge in [-0.05, 0) is 24.6 Å². The van der Waals surface area contributed by atoms with Crippen molar-refractivity contribution in [2.24, 2.45) is 0 Å². The van der Waals surface area contributed by atoms with Gasteiger partial charge in [0.25, 0.3) is 0 Å². The molecular formula is C10H10FNO. The molecule has 2 nitrogen and oxygen atoms in total. The normalized spacial score (nSPS) is 10.7. The third kappa shape index (κ3) is 1.16. The molecule has 0 unspecified atom stereocenters. The second-order valence-corrected chi connectivity index (χ2v) is 3.03. The number of methoxy groups -OCH3 is 1. The lowest BCUT2D eigenvalue weighted by Gasteiger charge is -1.98. The lowest BCUT2D eigenvalue weighted by molar-refractivity contribution is 0.418. The van der Waals surface area contributed by atoms with E-state index in [-0.39, 0.29) is 5.82 Å². The summed E-state index contributed by atoms with van der Waals surface area (Å²) < 4.78 is 18.4. The first kappa shape index (κ1) is 8.10. The number of hydrogen-bond donors (Lipinski definition) is 1. The fourth-order valence-electron chi connectivity index (χ4n) is 1.48. The molecule has 0 saturated carbocycles. The molecule has 0 aliphatic heterocycles. The Labute approximate surface area is 75.3 Å². The number of nitrogens with one attached hydrogen (secondary N) is 1. The number of rotatable bonds is 1. The zero-order valence-corrected chi connectivity index (χ0v) is 7.52. The third-order valence-electron chi connectivity index (χ3n) is 2.06. The van der Waals surface area contributed by atoms with E-state index in [9.17, 15) is 4.39 Å². The van der Waals surface area contributed by atoms with Crippen molar-refractivity contribution in [2.75, 3.05) is 7.11 Å². The van der Waals surface area contributed by atoms with Crippen LogP contribution in [0.2, 0.25) is 0 Å². The molecule has 0 radical (unpaired) electrons. The molecule has 2 rings (SSSR count). The molecular weight excluding hydrogens is 169 g/mol. The maximum Gasteiger partial charge on any atom is 0.147 e. The van der Waals surface area contributed by atoms with Gasteiger partial charge in [-0.15, -0.1) is 0 Å². The highest BCUT2D eigenvalue weighted by Crippen LogP contribution is 2.28.